The lowest BCUT2D eigenvalue weighted by molar-refractivity contribution is -0.130. The van der Waals surface area contributed by atoms with Gasteiger partial charge in [-0.1, -0.05) is 6.92 Å². The Morgan fingerprint density at radius 3 is 3.06 bits per heavy atom. The van der Waals surface area contributed by atoms with Gasteiger partial charge < -0.3 is 15.5 Å². The van der Waals surface area contributed by atoms with Crippen molar-refractivity contribution in [3.05, 3.63) is 0 Å². The van der Waals surface area contributed by atoms with E-state index >= 15 is 0 Å². The van der Waals surface area contributed by atoms with Gasteiger partial charge in [-0.25, -0.2) is 0 Å². The lowest BCUT2D eigenvalue weighted by atomic mass is 10.1. The van der Waals surface area contributed by atoms with Crippen molar-refractivity contribution in [2.45, 2.75) is 51.1 Å². The maximum Gasteiger partial charge on any atom is 0.242 e. The monoisotopic (exact) mass is 257 g/mol. The van der Waals surface area contributed by atoms with E-state index in [9.17, 15) is 9.59 Å². The molecule has 0 radical (unpaired) electrons. The summed E-state index contributed by atoms with van der Waals surface area (Å²) in [5, 5.41) is 5.65. The van der Waals surface area contributed by atoms with Gasteiger partial charge in [0.25, 0.3) is 0 Å². The summed E-state index contributed by atoms with van der Waals surface area (Å²) in [6.07, 6.45) is 4.51. The Morgan fingerprint density at radius 1 is 1.50 bits per heavy atom. The van der Waals surface area contributed by atoms with Crippen molar-refractivity contribution < 1.29 is 12.4 Å². The van der Waals surface area contributed by atoms with Crippen LogP contribution < -0.4 is 10.6 Å². The van der Waals surface area contributed by atoms with Gasteiger partial charge in [-0.05, 0) is 38.8 Å². The summed E-state index contributed by atoms with van der Waals surface area (Å²) >= 11 is 0. The zero-order valence-corrected chi connectivity index (χ0v) is 11.1. The molecule has 5 heteroatoms. The van der Waals surface area contributed by atoms with Crippen LogP contribution in [0.25, 0.3) is 0 Å². The molecule has 0 aromatic heterocycles. The molecule has 2 amide bonds. The predicted octanol–water partition coefficient (Wildman–Crippen LogP) is 0.748. The van der Waals surface area contributed by atoms with E-state index < -0.39 is 0 Å². The van der Waals surface area contributed by atoms with Crippen molar-refractivity contribution >= 4 is 11.8 Å². The molecule has 2 saturated heterocycles. The number of piperidine rings is 1. The van der Waals surface area contributed by atoms with Gasteiger partial charge >= 0.3 is 0 Å². The number of amides is 2. The Hall–Kier alpha value is -1.10. The van der Waals surface area contributed by atoms with Crippen molar-refractivity contribution in [1.29, 1.82) is 0 Å². The molecule has 0 aromatic rings. The van der Waals surface area contributed by atoms with E-state index in [1.165, 1.54) is 6.42 Å². The smallest absolute Gasteiger partial charge is 0.242 e. The van der Waals surface area contributed by atoms with Gasteiger partial charge in [0.15, 0.2) is 0 Å². The topological polar surface area (TPSA) is 61.4 Å². The Kier molecular flexibility index (Phi) is 4.58. The number of carbonyl (C=O) groups excluding carboxylic acids is 2. The second-order valence-electron chi connectivity index (χ2n) is 5.18. The van der Waals surface area contributed by atoms with Crippen molar-refractivity contribution in [1.82, 2.24) is 15.5 Å². The van der Waals surface area contributed by atoms with Crippen LogP contribution in [0, 0.1) is 0 Å². The summed E-state index contributed by atoms with van der Waals surface area (Å²) < 4.78 is 0. The molecule has 2 aliphatic heterocycles. The molecule has 0 aromatic carbocycles. The normalized spacial score (nSPS) is 29.1. The lowest BCUT2D eigenvalue weighted by Gasteiger charge is -2.25. The first kappa shape index (κ1) is 13.3. The third kappa shape index (κ3) is 3.22. The second-order valence-corrected chi connectivity index (χ2v) is 5.18. The minimum Gasteiger partial charge on any atom is -0.354 e. The van der Waals surface area contributed by atoms with Crippen LogP contribution in [-0.4, -0.2) is 48.4 Å². The fourth-order valence-electron chi connectivity index (χ4n) is 2.92. The van der Waals surface area contributed by atoms with Gasteiger partial charge in [0, 0.05) is 21.9 Å². The highest BCUT2D eigenvalue weighted by molar-refractivity contribution is 5.88. The minimum absolute atomic E-state index is 0. The van der Waals surface area contributed by atoms with Gasteiger partial charge in [0.1, 0.15) is 6.04 Å². The van der Waals surface area contributed by atoms with Gasteiger partial charge in [-0.3, -0.25) is 9.59 Å². The third-order valence-corrected chi connectivity index (χ3v) is 3.95. The molecule has 2 heterocycles. The second kappa shape index (κ2) is 6.18. The Morgan fingerprint density at radius 2 is 2.33 bits per heavy atom. The van der Waals surface area contributed by atoms with Crippen molar-refractivity contribution in [3.63, 3.8) is 0 Å². The number of rotatable bonds is 4. The number of likely N-dealkylation sites (tertiary alicyclic amines) is 1. The molecular weight excluding hydrogens is 230 g/mol. The number of nitrogens with zero attached hydrogens (tertiary/aromatic N) is 1. The molecule has 18 heavy (non-hydrogen) atoms. The minimum atomic E-state index is -0.317. The van der Waals surface area contributed by atoms with Gasteiger partial charge in [-0.2, -0.15) is 0 Å². The first-order valence-electron chi connectivity index (χ1n) is 7.02. The highest BCUT2D eigenvalue weighted by Gasteiger charge is 2.28. The first-order chi connectivity index (χ1) is 8.70. The van der Waals surface area contributed by atoms with E-state index in [0.717, 1.165) is 38.9 Å². The average Bonchev–Trinajstić information content (AvgIpc) is 2.79. The van der Waals surface area contributed by atoms with E-state index in [1.54, 1.807) is 0 Å². The highest BCUT2D eigenvalue weighted by Crippen LogP contribution is 2.19. The SMILES string of the molecule is CCN1CCCC1CC(=O)NC1CCCNC1=O.[HH].[HH]. The molecule has 2 fully saturated rings. The largest absolute Gasteiger partial charge is 0.354 e. The van der Waals surface area contributed by atoms with Crippen LogP contribution in [0.5, 0.6) is 0 Å². The third-order valence-electron chi connectivity index (χ3n) is 3.95. The lowest BCUT2D eigenvalue weighted by Crippen LogP contribution is -2.51. The highest BCUT2D eigenvalue weighted by atomic mass is 16.2. The van der Waals surface area contributed by atoms with Gasteiger partial charge in [0.05, 0.1) is 0 Å². The maximum atomic E-state index is 12.0. The molecule has 2 unspecified atom stereocenters. The Bertz CT molecular complexity index is 329. The summed E-state index contributed by atoms with van der Waals surface area (Å²) in [5.41, 5.74) is 0. The molecule has 2 atom stereocenters. The van der Waals surface area contributed by atoms with Crippen molar-refractivity contribution in [2.24, 2.45) is 0 Å². The molecule has 2 aliphatic rings. The molecule has 106 valence electrons. The van der Waals surface area contributed by atoms with E-state index in [-0.39, 0.29) is 20.7 Å². The zero-order valence-electron chi connectivity index (χ0n) is 11.1. The van der Waals surface area contributed by atoms with Crippen molar-refractivity contribution in [3.8, 4) is 0 Å². The van der Waals surface area contributed by atoms with Crippen LogP contribution in [0.2, 0.25) is 0 Å². The average molecular weight is 257 g/mol. The van der Waals surface area contributed by atoms with Crippen molar-refractivity contribution in [2.75, 3.05) is 19.6 Å². The molecule has 2 N–H and O–H groups in total. The van der Waals surface area contributed by atoms with Gasteiger partial charge in [-0.15, -0.1) is 0 Å². The molecule has 0 aliphatic carbocycles. The van der Waals surface area contributed by atoms with Crippen LogP contribution >= 0.6 is 0 Å². The molecule has 0 saturated carbocycles. The number of hydrogen-bond acceptors (Lipinski definition) is 3. The summed E-state index contributed by atoms with van der Waals surface area (Å²) in [5.74, 6) is -0.0178. The summed E-state index contributed by atoms with van der Waals surface area (Å²) in [6.45, 7) is 4.96. The van der Waals surface area contributed by atoms with Crippen LogP contribution in [0.3, 0.4) is 0 Å². The zero-order chi connectivity index (χ0) is 13.0. The Balaban J connectivity index is 0.00000180. The molecular formula is C13H27N3O2. The number of hydrogen-bond donors (Lipinski definition) is 2. The Labute approximate surface area is 111 Å². The summed E-state index contributed by atoms with van der Waals surface area (Å²) in [6, 6.07) is 0.0457. The maximum absolute atomic E-state index is 12.0. The predicted molar refractivity (Wildman–Crippen MR) is 73.3 cm³/mol. The quantitative estimate of drug-likeness (QED) is 0.781. The van der Waals surface area contributed by atoms with Crippen LogP contribution in [0.15, 0.2) is 0 Å². The fraction of sp³-hybridized carbons (Fsp3) is 0.846. The van der Waals surface area contributed by atoms with Gasteiger partial charge in [0.2, 0.25) is 11.8 Å². The van der Waals surface area contributed by atoms with E-state index in [0.29, 0.717) is 12.5 Å². The standard InChI is InChI=1S/C13H23N3O2.2H2/c1-2-16-8-4-5-10(16)9-12(17)15-11-6-3-7-14-13(11)18;;/h10-11H,2-9H2,1H3,(H,14,18)(H,15,17);2*1H. The van der Waals surface area contributed by atoms with Crippen LogP contribution in [0.4, 0.5) is 0 Å². The number of nitrogens with one attached hydrogen (secondary N) is 2. The molecule has 0 spiro atoms. The number of carbonyl (C=O) groups is 2. The summed E-state index contributed by atoms with van der Waals surface area (Å²) in [4.78, 5) is 25.9. The summed E-state index contributed by atoms with van der Waals surface area (Å²) in [7, 11) is 0. The van der Waals surface area contributed by atoms with E-state index in [1.807, 2.05) is 0 Å². The van der Waals surface area contributed by atoms with Crippen LogP contribution in [0.1, 0.15) is 41.9 Å². The fourth-order valence-corrected chi connectivity index (χ4v) is 2.92. The van der Waals surface area contributed by atoms with E-state index in [4.69, 9.17) is 0 Å². The van der Waals surface area contributed by atoms with Crippen LogP contribution in [-0.2, 0) is 9.59 Å². The molecule has 0 bridgehead atoms. The molecule has 2 rings (SSSR count). The van der Waals surface area contributed by atoms with E-state index in [2.05, 4.69) is 22.5 Å². The molecule has 5 nitrogen and oxygen atoms in total. The first-order valence-corrected chi connectivity index (χ1v) is 7.02.